The third-order valence-electron chi connectivity index (χ3n) is 2.25. The molecule has 0 atom stereocenters. The molecule has 0 aromatic rings. The predicted molar refractivity (Wildman–Crippen MR) is 58.5 cm³/mol. The number of aliphatic carboxylic acids is 1. The van der Waals surface area contributed by atoms with E-state index in [1.165, 1.54) is 0 Å². The molecule has 3 nitrogen and oxygen atoms in total. The number of likely N-dealkylation sites (tertiary alicyclic amines) is 1. The van der Waals surface area contributed by atoms with Gasteiger partial charge in [0.05, 0.1) is 6.54 Å². The van der Waals surface area contributed by atoms with Crippen molar-refractivity contribution in [1.82, 2.24) is 4.90 Å². The van der Waals surface area contributed by atoms with Crippen molar-refractivity contribution in [2.24, 2.45) is 0 Å². The molecule has 1 aliphatic rings. The molecule has 0 spiro atoms. The summed E-state index contributed by atoms with van der Waals surface area (Å²) in [5, 5.41) is 7.42. The van der Waals surface area contributed by atoms with E-state index in [0.717, 1.165) is 25.6 Å². The van der Waals surface area contributed by atoms with Crippen LogP contribution in [0.15, 0.2) is 12.3 Å². The Hall–Kier alpha value is -1.13. The smallest absolute Gasteiger partial charge is 0.300 e. The van der Waals surface area contributed by atoms with E-state index in [-0.39, 0.29) is 13.0 Å². The molecule has 1 rings (SSSR count). The average Bonchev–Trinajstić information content (AvgIpc) is 2.14. The van der Waals surface area contributed by atoms with Gasteiger partial charge >= 0.3 is 0 Å². The molecule has 0 radical (unpaired) electrons. The van der Waals surface area contributed by atoms with E-state index in [2.05, 4.69) is 6.58 Å². The Morgan fingerprint density at radius 3 is 2.44 bits per heavy atom. The molecule has 16 heavy (non-hydrogen) atoms. The molecule has 1 saturated heterocycles. The molecule has 1 N–H and O–H groups in total. The lowest BCUT2D eigenvalue weighted by molar-refractivity contribution is -0.134. The number of halogens is 2. The summed E-state index contributed by atoms with van der Waals surface area (Å²) >= 11 is 0. The average molecular weight is 235 g/mol. The fourth-order valence-corrected chi connectivity index (χ4v) is 1.46. The lowest BCUT2D eigenvalue weighted by Crippen LogP contribution is -2.41. The van der Waals surface area contributed by atoms with Crippen LogP contribution in [0.1, 0.15) is 33.1 Å². The van der Waals surface area contributed by atoms with Gasteiger partial charge in [0.25, 0.3) is 11.9 Å². The number of carboxylic acids is 1. The van der Waals surface area contributed by atoms with Crippen LogP contribution >= 0.6 is 0 Å². The molecule has 0 aromatic carbocycles. The molecule has 94 valence electrons. The van der Waals surface area contributed by atoms with E-state index in [0.29, 0.717) is 6.42 Å². The summed E-state index contributed by atoms with van der Waals surface area (Å²) in [7, 11) is 0. The minimum Gasteiger partial charge on any atom is -0.481 e. The van der Waals surface area contributed by atoms with Crippen molar-refractivity contribution in [3.63, 3.8) is 0 Å². The Morgan fingerprint density at radius 1 is 1.56 bits per heavy atom. The lowest BCUT2D eigenvalue weighted by atomic mass is 10.1. The maximum absolute atomic E-state index is 12.9. The molecule has 5 heteroatoms. The van der Waals surface area contributed by atoms with Gasteiger partial charge in [-0.15, -0.1) is 0 Å². The van der Waals surface area contributed by atoms with E-state index in [4.69, 9.17) is 9.90 Å². The number of carboxylic acid groups (broad SMARTS) is 1. The molecule has 0 aromatic heterocycles. The highest BCUT2D eigenvalue weighted by Gasteiger charge is 2.35. The molecule has 0 unspecified atom stereocenters. The molecule has 1 fully saturated rings. The summed E-state index contributed by atoms with van der Waals surface area (Å²) in [5.41, 5.74) is 0.828. The van der Waals surface area contributed by atoms with Gasteiger partial charge in [0.15, 0.2) is 0 Å². The number of hydrogen-bond acceptors (Lipinski definition) is 2. The SMILES string of the molecule is C=C(CC)N1CCCC(F)(F)C1.CC(=O)O. The third kappa shape index (κ3) is 6.37. The molecule has 0 bridgehead atoms. The van der Waals surface area contributed by atoms with Crippen LogP contribution in [-0.4, -0.2) is 35.0 Å². The second kappa shape index (κ2) is 6.45. The highest BCUT2D eigenvalue weighted by Crippen LogP contribution is 2.28. The van der Waals surface area contributed by atoms with Gasteiger partial charge in [-0.1, -0.05) is 13.5 Å². The Kier molecular flexibility index (Phi) is 6.00. The van der Waals surface area contributed by atoms with Crippen LogP contribution in [0.3, 0.4) is 0 Å². The summed E-state index contributed by atoms with van der Waals surface area (Å²) in [6, 6.07) is 0. The number of alkyl halides is 2. The van der Waals surface area contributed by atoms with Gasteiger partial charge < -0.3 is 10.0 Å². The molecule has 1 aliphatic heterocycles. The van der Waals surface area contributed by atoms with Crippen molar-refractivity contribution in [2.45, 2.75) is 39.0 Å². The van der Waals surface area contributed by atoms with E-state index in [9.17, 15) is 8.78 Å². The first kappa shape index (κ1) is 14.9. The first-order chi connectivity index (χ1) is 7.28. The molecular formula is C11H19F2NO2. The number of hydrogen-bond donors (Lipinski definition) is 1. The van der Waals surface area contributed by atoms with Crippen molar-refractivity contribution >= 4 is 5.97 Å². The Labute approximate surface area is 94.7 Å². The zero-order valence-electron chi connectivity index (χ0n) is 9.80. The zero-order chi connectivity index (χ0) is 12.8. The number of allylic oxidation sites excluding steroid dienone is 1. The van der Waals surface area contributed by atoms with E-state index in [1.54, 1.807) is 4.90 Å². The van der Waals surface area contributed by atoms with Crippen LogP contribution in [0.5, 0.6) is 0 Å². The quantitative estimate of drug-likeness (QED) is 0.800. The molecule has 0 amide bonds. The monoisotopic (exact) mass is 235 g/mol. The van der Waals surface area contributed by atoms with Crippen molar-refractivity contribution in [1.29, 1.82) is 0 Å². The minimum atomic E-state index is -2.50. The maximum Gasteiger partial charge on any atom is 0.300 e. The van der Waals surface area contributed by atoms with E-state index >= 15 is 0 Å². The number of nitrogens with zero attached hydrogens (tertiary/aromatic N) is 1. The summed E-state index contributed by atoms with van der Waals surface area (Å²) < 4.78 is 25.7. The van der Waals surface area contributed by atoms with Crippen LogP contribution in [0.4, 0.5) is 8.78 Å². The number of rotatable bonds is 2. The Bertz CT molecular complexity index is 250. The van der Waals surface area contributed by atoms with Gasteiger partial charge in [-0.2, -0.15) is 0 Å². The summed E-state index contributed by atoms with van der Waals surface area (Å²) in [4.78, 5) is 10.7. The van der Waals surface area contributed by atoms with Crippen molar-refractivity contribution in [3.8, 4) is 0 Å². The predicted octanol–water partition coefficient (Wildman–Crippen LogP) is 2.73. The van der Waals surface area contributed by atoms with Gasteiger partial charge in [-0.25, -0.2) is 8.78 Å². The largest absolute Gasteiger partial charge is 0.481 e. The van der Waals surface area contributed by atoms with Crippen LogP contribution in [0.25, 0.3) is 0 Å². The minimum absolute atomic E-state index is 0.0283. The molecule has 0 aliphatic carbocycles. The lowest BCUT2D eigenvalue weighted by Gasteiger charge is -2.34. The highest BCUT2D eigenvalue weighted by atomic mass is 19.3. The molecular weight excluding hydrogens is 216 g/mol. The van der Waals surface area contributed by atoms with Crippen molar-refractivity contribution in [2.75, 3.05) is 13.1 Å². The van der Waals surface area contributed by atoms with Gasteiger partial charge in [-0.05, 0) is 12.8 Å². The second-order valence-electron chi connectivity index (χ2n) is 3.82. The van der Waals surface area contributed by atoms with Gasteiger partial charge in [0, 0.05) is 25.6 Å². The topological polar surface area (TPSA) is 40.5 Å². The zero-order valence-corrected chi connectivity index (χ0v) is 9.80. The second-order valence-corrected chi connectivity index (χ2v) is 3.82. The fraction of sp³-hybridized carbons (Fsp3) is 0.727. The molecule has 0 saturated carbocycles. The van der Waals surface area contributed by atoms with Gasteiger partial charge in [0.2, 0.25) is 0 Å². The summed E-state index contributed by atoms with van der Waals surface area (Å²) in [5.74, 6) is -3.34. The van der Waals surface area contributed by atoms with Gasteiger partial charge in [-0.3, -0.25) is 4.79 Å². The van der Waals surface area contributed by atoms with Crippen molar-refractivity contribution in [3.05, 3.63) is 12.3 Å². The highest BCUT2D eigenvalue weighted by molar-refractivity contribution is 5.62. The number of piperidine rings is 1. The molecule has 1 heterocycles. The standard InChI is InChI=1S/C9H15F2N.C2H4O2/c1-3-8(2)12-6-4-5-9(10,11)7-12;1-2(3)4/h2-7H2,1H3;1H3,(H,3,4). The fourth-order valence-electron chi connectivity index (χ4n) is 1.46. The van der Waals surface area contributed by atoms with Crippen LogP contribution in [0.2, 0.25) is 0 Å². The normalized spacial score (nSPS) is 18.4. The first-order valence-corrected chi connectivity index (χ1v) is 5.28. The maximum atomic E-state index is 12.9. The van der Waals surface area contributed by atoms with Crippen molar-refractivity contribution < 1.29 is 18.7 Å². The van der Waals surface area contributed by atoms with Crippen LogP contribution in [-0.2, 0) is 4.79 Å². The number of carbonyl (C=O) groups is 1. The van der Waals surface area contributed by atoms with E-state index < -0.39 is 11.9 Å². The third-order valence-corrected chi connectivity index (χ3v) is 2.25. The van der Waals surface area contributed by atoms with Gasteiger partial charge in [0.1, 0.15) is 0 Å². The van der Waals surface area contributed by atoms with Crippen LogP contribution < -0.4 is 0 Å². The Morgan fingerprint density at radius 2 is 2.06 bits per heavy atom. The summed E-state index contributed by atoms with van der Waals surface area (Å²) in [6.07, 6.45) is 1.36. The van der Waals surface area contributed by atoms with Crippen LogP contribution in [0, 0.1) is 0 Å². The first-order valence-electron chi connectivity index (χ1n) is 5.28. The summed E-state index contributed by atoms with van der Waals surface area (Å²) in [6.45, 7) is 7.38. The van der Waals surface area contributed by atoms with E-state index in [1.807, 2.05) is 6.92 Å². The Balaban J connectivity index is 0.000000487.